The smallest absolute Gasteiger partial charge is 0.272 e. The summed E-state index contributed by atoms with van der Waals surface area (Å²) in [6.45, 7) is 9.06. The number of hydrogen-bond acceptors (Lipinski definition) is 3. The van der Waals surface area contributed by atoms with E-state index in [1.165, 1.54) is 0 Å². The summed E-state index contributed by atoms with van der Waals surface area (Å²) < 4.78 is 0. The highest BCUT2D eigenvalue weighted by molar-refractivity contribution is 7.81. The van der Waals surface area contributed by atoms with Gasteiger partial charge in [0.1, 0.15) is 11.7 Å². The van der Waals surface area contributed by atoms with Crippen LogP contribution in [-0.4, -0.2) is 21.5 Å². The lowest BCUT2D eigenvalue weighted by Gasteiger charge is -2.43. The van der Waals surface area contributed by atoms with Crippen molar-refractivity contribution in [2.24, 2.45) is 0 Å². The van der Waals surface area contributed by atoms with Crippen LogP contribution in [0.3, 0.4) is 0 Å². The predicted octanol–water partition coefficient (Wildman–Crippen LogP) is 5.67. The Kier molecular flexibility index (Phi) is 4.57. The van der Waals surface area contributed by atoms with Gasteiger partial charge in [-0.05, 0) is 73.3 Å². The van der Waals surface area contributed by atoms with Gasteiger partial charge in [0, 0.05) is 5.69 Å². The van der Waals surface area contributed by atoms with E-state index >= 15 is 0 Å². The zero-order chi connectivity index (χ0) is 21.6. The van der Waals surface area contributed by atoms with Gasteiger partial charge in [0.2, 0.25) is 0 Å². The Labute approximate surface area is 186 Å². The molecule has 1 amide bonds. The summed E-state index contributed by atoms with van der Waals surface area (Å²) in [5, 5.41) is 0.465. The molecule has 2 heterocycles. The number of aryl methyl sites for hydroxylation is 1. The van der Waals surface area contributed by atoms with Crippen LogP contribution in [0.25, 0.3) is 16.0 Å². The minimum atomic E-state index is -0.640. The molecular formula is C25H20N4OS. The monoisotopic (exact) mass is 424 g/mol. The first-order chi connectivity index (χ1) is 15.0. The molecule has 1 spiro atoms. The number of carbonyl (C=O) groups is 1. The highest BCUT2D eigenvalue weighted by Gasteiger charge is 2.59. The molecule has 1 aliphatic carbocycles. The van der Waals surface area contributed by atoms with Gasteiger partial charge in [-0.25, -0.2) is 0 Å². The molecular weight excluding hydrogens is 404 g/mol. The molecule has 0 unspecified atom stereocenters. The Balaban J connectivity index is 1.58. The SMILES string of the molecule is [C-]#[N+]c1ncc(N2C(=O)C3(CCC3)N(c3cccc(-c4ccccc4)c3)C2=S)cc1C. The molecule has 2 aromatic carbocycles. The van der Waals surface area contributed by atoms with Crippen molar-refractivity contribution < 1.29 is 4.79 Å². The largest absolute Gasteiger partial charge is 0.360 e. The highest BCUT2D eigenvalue weighted by atomic mass is 32.1. The maximum atomic E-state index is 13.6. The fourth-order valence-corrected chi connectivity index (χ4v) is 4.92. The van der Waals surface area contributed by atoms with Gasteiger partial charge in [-0.2, -0.15) is 0 Å². The normalized spacial score (nSPS) is 17.0. The van der Waals surface area contributed by atoms with E-state index in [1.54, 1.807) is 11.1 Å². The minimum absolute atomic E-state index is 0.00868. The molecule has 1 saturated carbocycles. The van der Waals surface area contributed by atoms with E-state index in [4.69, 9.17) is 18.8 Å². The minimum Gasteiger partial charge on any atom is -0.360 e. The Morgan fingerprint density at radius 2 is 1.77 bits per heavy atom. The summed E-state index contributed by atoms with van der Waals surface area (Å²) in [7, 11) is 0. The average molecular weight is 425 g/mol. The Hall–Kier alpha value is -3.56. The van der Waals surface area contributed by atoms with Gasteiger partial charge in [0.15, 0.2) is 5.11 Å². The first-order valence-corrected chi connectivity index (χ1v) is 10.6. The summed E-state index contributed by atoms with van der Waals surface area (Å²) in [5.74, 6) is 0.331. The van der Waals surface area contributed by atoms with Crippen molar-refractivity contribution in [3.05, 3.63) is 83.8 Å². The zero-order valence-corrected chi connectivity index (χ0v) is 17.9. The van der Waals surface area contributed by atoms with E-state index in [1.807, 2.05) is 48.2 Å². The van der Waals surface area contributed by atoms with E-state index in [-0.39, 0.29) is 5.91 Å². The van der Waals surface area contributed by atoms with Crippen LogP contribution < -0.4 is 9.80 Å². The average Bonchev–Trinajstić information content (AvgIpc) is 3.01. The molecule has 1 aliphatic heterocycles. The number of rotatable bonds is 3. The van der Waals surface area contributed by atoms with Crippen LogP contribution >= 0.6 is 12.2 Å². The summed E-state index contributed by atoms with van der Waals surface area (Å²) in [4.78, 5) is 24.9. The van der Waals surface area contributed by atoms with Gasteiger partial charge in [-0.1, -0.05) is 49.0 Å². The second-order valence-corrected chi connectivity index (χ2v) is 8.37. The number of hydrogen-bond donors (Lipinski definition) is 0. The molecule has 1 aromatic heterocycles. The van der Waals surface area contributed by atoms with Crippen molar-refractivity contribution in [2.45, 2.75) is 31.7 Å². The standard InChI is InChI=1S/C25H20N4OS/c1-17-14-21(16-27-22(17)26-2)28-23(30)25(12-7-13-25)29(24(28)31)20-11-6-10-19(15-20)18-8-4-3-5-9-18/h3-6,8-11,14-16H,7,12-13H2,1H3. The molecule has 31 heavy (non-hydrogen) atoms. The first-order valence-electron chi connectivity index (χ1n) is 10.2. The maximum absolute atomic E-state index is 13.6. The molecule has 0 atom stereocenters. The second kappa shape index (κ2) is 7.29. The fraction of sp³-hybridized carbons (Fsp3) is 0.200. The lowest BCUT2D eigenvalue weighted by atomic mass is 9.75. The van der Waals surface area contributed by atoms with E-state index in [2.05, 4.69) is 34.1 Å². The third kappa shape index (κ3) is 2.93. The number of thiocarbonyl (C=S) groups is 1. The van der Waals surface area contributed by atoms with Crippen molar-refractivity contribution in [3.8, 4) is 11.1 Å². The molecule has 1 saturated heterocycles. The van der Waals surface area contributed by atoms with Crippen molar-refractivity contribution in [1.29, 1.82) is 0 Å². The summed E-state index contributed by atoms with van der Waals surface area (Å²) >= 11 is 5.86. The van der Waals surface area contributed by atoms with E-state index in [0.29, 0.717) is 16.6 Å². The number of benzene rings is 2. The van der Waals surface area contributed by atoms with Crippen LogP contribution in [0.2, 0.25) is 0 Å². The van der Waals surface area contributed by atoms with Crippen LogP contribution in [0.5, 0.6) is 0 Å². The number of aromatic nitrogens is 1. The van der Waals surface area contributed by atoms with Crippen LogP contribution in [0.4, 0.5) is 17.2 Å². The fourth-order valence-electron chi connectivity index (χ4n) is 4.46. The topological polar surface area (TPSA) is 40.8 Å². The van der Waals surface area contributed by atoms with Gasteiger partial charge in [0.05, 0.1) is 5.69 Å². The number of pyridine rings is 1. The van der Waals surface area contributed by atoms with Crippen molar-refractivity contribution >= 4 is 40.4 Å². The van der Waals surface area contributed by atoms with Crippen LogP contribution in [0, 0.1) is 13.5 Å². The van der Waals surface area contributed by atoms with Crippen LogP contribution in [-0.2, 0) is 4.79 Å². The molecule has 2 aliphatic rings. The molecule has 152 valence electrons. The Morgan fingerprint density at radius 3 is 2.42 bits per heavy atom. The molecule has 6 heteroatoms. The first kappa shape index (κ1) is 19.4. The van der Waals surface area contributed by atoms with Gasteiger partial charge in [0.25, 0.3) is 11.7 Å². The van der Waals surface area contributed by atoms with Crippen molar-refractivity contribution in [3.63, 3.8) is 0 Å². The molecule has 0 radical (unpaired) electrons. The molecule has 5 nitrogen and oxygen atoms in total. The van der Waals surface area contributed by atoms with E-state index in [9.17, 15) is 4.79 Å². The molecule has 2 fully saturated rings. The number of anilines is 2. The Morgan fingerprint density at radius 1 is 1.03 bits per heavy atom. The third-order valence-electron chi connectivity index (χ3n) is 6.20. The predicted molar refractivity (Wildman–Crippen MR) is 126 cm³/mol. The second-order valence-electron chi connectivity index (χ2n) is 8.01. The summed E-state index contributed by atoms with van der Waals surface area (Å²) in [6, 6.07) is 20.2. The van der Waals surface area contributed by atoms with Crippen molar-refractivity contribution in [1.82, 2.24) is 4.98 Å². The zero-order valence-electron chi connectivity index (χ0n) is 17.1. The molecule has 3 aromatic rings. The number of carbonyl (C=O) groups excluding carboxylic acids is 1. The quantitative estimate of drug-likeness (QED) is 0.401. The van der Waals surface area contributed by atoms with Gasteiger partial charge < -0.3 is 9.74 Å². The third-order valence-corrected chi connectivity index (χ3v) is 6.57. The molecule has 0 N–H and O–H groups in total. The Bertz CT molecular complexity index is 1240. The van der Waals surface area contributed by atoms with Crippen molar-refractivity contribution in [2.75, 3.05) is 9.80 Å². The highest BCUT2D eigenvalue weighted by Crippen LogP contribution is 2.48. The molecule has 0 bridgehead atoms. The van der Waals surface area contributed by atoms with Gasteiger partial charge >= 0.3 is 0 Å². The summed E-state index contributed by atoms with van der Waals surface area (Å²) in [5.41, 5.74) is 3.83. The summed E-state index contributed by atoms with van der Waals surface area (Å²) in [6.07, 6.45) is 4.10. The van der Waals surface area contributed by atoms with Gasteiger partial charge in [-0.3, -0.25) is 9.69 Å². The molecule has 5 rings (SSSR count). The van der Waals surface area contributed by atoms with Crippen LogP contribution in [0.15, 0.2) is 66.9 Å². The lowest BCUT2D eigenvalue weighted by molar-refractivity contribution is -0.123. The van der Waals surface area contributed by atoms with Gasteiger partial charge in [-0.15, -0.1) is 4.98 Å². The van der Waals surface area contributed by atoms with Crippen LogP contribution in [0.1, 0.15) is 24.8 Å². The van der Waals surface area contributed by atoms with E-state index < -0.39 is 5.54 Å². The lowest BCUT2D eigenvalue weighted by Crippen LogP contribution is -2.55. The maximum Gasteiger partial charge on any atom is 0.272 e. The number of amides is 1. The van der Waals surface area contributed by atoms with E-state index in [0.717, 1.165) is 41.6 Å². The number of nitrogens with zero attached hydrogens (tertiary/aromatic N) is 4.